The molecule has 4 rings (SSSR count). The summed E-state index contributed by atoms with van der Waals surface area (Å²) in [4.78, 5) is 10.9. The van der Waals surface area contributed by atoms with Crippen molar-refractivity contribution in [3.63, 3.8) is 0 Å². The SMILES string of the molecule is O=C(O)Cc1cc(Br)c(Oc2ccc3oc(-c4ccccc4)cc3c2)c(Br)c1. The van der Waals surface area contributed by atoms with E-state index in [1.54, 1.807) is 12.1 Å². The minimum Gasteiger partial charge on any atom is -0.481 e. The zero-order valence-corrected chi connectivity index (χ0v) is 17.7. The van der Waals surface area contributed by atoms with Gasteiger partial charge in [-0.05, 0) is 73.8 Å². The molecule has 28 heavy (non-hydrogen) atoms. The predicted molar refractivity (Wildman–Crippen MR) is 115 cm³/mol. The molecule has 0 atom stereocenters. The van der Waals surface area contributed by atoms with Crippen molar-refractivity contribution in [2.45, 2.75) is 6.42 Å². The lowest BCUT2D eigenvalue weighted by Crippen LogP contribution is -2.00. The number of carboxylic acids is 1. The second kappa shape index (κ2) is 7.81. The molecule has 0 amide bonds. The first kappa shape index (κ1) is 18.8. The van der Waals surface area contributed by atoms with Crippen LogP contribution in [0, 0.1) is 0 Å². The number of carbonyl (C=O) groups is 1. The van der Waals surface area contributed by atoms with Gasteiger partial charge in [-0.15, -0.1) is 0 Å². The first-order valence-electron chi connectivity index (χ1n) is 8.46. The van der Waals surface area contributed by atoms with Crippen LogP contribution in [0.2, 0.25) is 0 Å². The first-order valence-corrected chi connectivity index (χ1v) is 10.0. The number of aliphatic carboxylic acids is 1. The number of hydrogen-bond donors (Lipinski definition) is 1. The van der Waals surface area contributed by atoms with Crippen LogP contribution in [0.3, 0.4) is 0 Å². The molecule has 0 saturated heterocycles. The Labute approximate surface area is 178 Å². The van der Waals surface area contributed by atoms with Crippen LogP contribution in [0.1, 0.15) is 5.56 Å². The summed E-state index contributed by atoms with van der Waals surface area (Å²) in [6, 6.07) is 21.0. The standard InChI is InChI=1S/C22H14Br2O4/c23-17-8-13(10-21(25)26)9-18(24)22(17)27-16-6-7-19-15(11-16)12-20(28-19)14-4-2-1-3-5-14/h1-9,11-12H,10H2,(H,25,26). The quantitative estimate of drug-likeness (QED) is 0.318. The number of ether oxygens (including phenoxy) is 1. The summed E-state index contributed by atoms with van der Waals surface area (Å²) in [7, 11) is 0. The summed E-state index contributed by atoms with van der Waals surface area (Å²) in [5, 5.41) is 9.90. The molecular formula is C22H14Br2O4. The van der Waals surface area contributed by atoms with E-state index >= 15 is 0 Å². The molecule has 6 heteroatoms. The number of fused-ring (bicyclic) bond motifs is 1. The number of rotatable bonds is 5. The molecule has 0 aliphatic rings. The highest BCUT2D eigenvalue weighted by molar-refractivity contribution is 9.11. The molecule has 0 spiro atoms. The van der Waals surface area contributed by atoms with Gasteiger partial charge in [-0.25, -0.2) is 0 Å². The van der Waals surface area contributed by atoms with Crippen LogP contribution in [0.15, 0.2) is 80.1 Å². The zero-order valence-electron chi connectivity index (χ0n) is 14.5. The maximum Gasteiger partial charge on any atom is 0.307 e. The first-order chi connectivity index (χ1) is 13.5. The van der Waals surface area contributed by atoms with Gasteiger partial charge >= 0.3 is 5.97 Å². The third-order valence-electron chi connectivity index (χ3n) is 4.18. The van der Waals surface area contributed by atoms with E-state index in [9.17, 15) is 4.79 Å². The molecule has 0 aliphatic heterocycles. The maximum absolute atomic E-state index is 10.9. The monoisotopic (exact) mass is 500 g/mol. The lowest BCUT2D eigenvalue weighted by Gasteiger charge is -2.11. The van der Waals surface area contributed by atoms with Crippen LogP contribution >= 0.6 is 31.9 Å². The molecule has 0 saturated carbocycles. The zero-order chi connectivity index (χ0) is 19.7. The van der Waals surface area contributed by atoms with Crippen LogP contribution in [0.5, 0.6) is 11.5 Å². The fraction of sp³-hybridized carbons (Fsp3) is 0.0455. The van der Waals surface area contributed by atoms with Crippen LogP contribution in [0.4, 0.5) is 0 Å². The van der Waals surface area contributed by atoms with Crippen molar-refractivity contribution in [3.8, 4) is 22.8 Å². The molecule has 4 aromatic rings. The molecular weight excluding hydrogens is 488 g/mol. The fourth-order valence-electron chi connectivity index (χ4n) is 2.93. The Bertz CT molecular complexity index is 1140. The van der Waals surface area contributed by atoms with Crippen molar-refractivity contribution in [2.75, 3.05) is 0 Å². The van der Waals surface area contributed by atoms with E-state index < -0.39 is 5.97 Å². The predicted octanol–water partition coefficient (Wildman–Crippen LogP) is 7.04. The summed E-state index contributed by atoms with van der Waals surface area (Å²) >= 11 is 6.93. The normalized spacial score (nSPS) is 10.9. The lowest BCUT2D eigenvalue weighted by molar-refractivity contribution is -0.136. The fourth-order valence-corrected chi connectivity index (χ4v) is 4.38. The van der Waals surface area contributed by atoms with Crippen molar-refractivity contribution in [2.24, 2.45) is 0 Å². The minimum atomic E-state index is -0.882. The smallest absolute Gasteiger partial charge is 0.307 e. The largest absolute Gasteiger partial charge is 0.481 e. The van der Waals surface area contributed by atoms with Crippen LogP contribution < -0.4 is 4.74 Å². The molecule has 3 aromatic carbocycles. The van der Waals surface area contributed by atoms with E-state index in [2.05, 4.69) is 31.9 Å². The number of halogens is 2. The second-order valence-corrected chi connectivity index (χ2v) is 7.95. The summed E-state index contributed by atoms with van der Waals surface area (Å²) in [6.07, 6.45) is -0.0548. The van der Waals surface area contributed by atoms with Gasteiger partial charge in [-0.1, -0.05) is 30.3 Å². The molecule has 4 nitrogen and oxygen atoms in total. The summed E-state index contributed by atoms with van der Waals surface area (Å²) in [5.74, 6) is 1.15. The van der Waals surface area contributed by atoms with Gasteiger partial charge in [0.05, 0.1) is 15.4 Å². The highest BCUT2D eigenvalue weighted by atomic mass is 79.9. The van der Waals surface area contributed by atoms with Crippen LogP contribution in [-0.2, 0) is 11.2 Å². The van der Waals surface area contributed by atoms with Crippen molar-refractivity contribution < 1.29 is 19.1 Å². The molecule has 0 radical (unpaired) electrons. The Morgan fingerprint density at radius 2 is 1.68 bits per heavy atom. The van der Waals surface area contributed by atoms with Crippen LogP contribution in [-0.4, -0.2) is 11.1 Å². The Morgan fingerprint density at radius 1 is 0.964 bits per heavy atom. The van der Waals surface area contributed by atoms with E-state index in [1.165, 1.54) is 0 Å². The van der Waals surface area contributed by atoms with Crippen molar-refractivity contribution in [1.82, 2.24) is 0 Å². The Morgan fingerprint density at radius 3 is 2.36 bits per heavy atom. The number of benzene rings is 3. The molecule has 0 unspecified atom stereocenters. The summed E-state index contributed by atoms with van der Waals surface area (Å²) in [6.45, 7) is 0. The van der Waals surface area contributed by atoms with Crippen molar-refractivity contribution >= 4 is 48.8 Å². The average molecular weight is 502 g/mol. The van der Waals surface area contributed by atoms with Gasteiger partial charge in [0, 0.05) is 10.9 Å². The lowest BCUT2D eigenvalue weighted by atomic mass is 10.1. The third kappa shape index (κ3) is 3.98. The van der Waals surface area contributed by atoms with Gasteiger partial charge in [0.15, 0.2) is 5.75 Å². The molecule has 0 aliphatic carbocycles. The third-order valence-corrected chi connectivity index (χ3v) is 5.36. The van der Waals surface area contributed by atoms with Gasteiger partial charge in [0.25, 0.3) is 0 Å². The molecule has 0 bridgehead atoms. The Balaban J connectivity index is 1.64. The highest BCUT2D eigenvalue weighted by Gasteiger charge is 2.13. The van der Waals surface area contributed by atoms with E-state index in [1.807, 2.05) is 54.6 Å². The van der Waals surface area contributed by atoms with Gasteiger partial charge in [0.2, 0.25) is 0 Å². The number of hydrogen-bond acceptors (Lipinski definition) is 3. The van der Waals surface area contributed by atoms with E-state index in [0.29, 0.717) is 26.0 Å². The summed E-state index contributed by atoms with van der Waals surface area (Å²) in [5.41, 5.74) is 2.47. The Kier molecular flexibility index (Phi) is 5.24. The van der Waals surface area contributed by atoms with E-state index in [4.69, 9.17) is 14.3 Å². The molecule has 0 fully saturated rings. The van der Waals surface area contributed by atoms with E-state index in [-0.39, 0.29) is 6.42 Å². The molecule has 1 N–H and O–H groups in total. The molecule has 140 valence electrons. The van der Waals surface area contributed by atoms with Crippen molar-refractivity contribution in [3.05, 3.63) is 81.2 Å². The van der Waals surface area contributed by atoms with Crippen molar-refractivity contribution in [1.29, 1.82) is 0 Å². The average Bonchev–Trinajstić information content (AvgIpc) is 3.08. The molecule has 1 aromatic heterocycles. The Hall–Kier alpha value is -2.57. The molecule has 1 heterocycles. The van der Waals surface area contributed by atoms with Gasteiger partial charge < -0.3 is 14.3 Å². The van der Waals surface area contributed by atoms with Crippen LogP contribution in [0.25, 0.3) is 22.3 Å². The van der Waals surface area contributed by atoms with Gasteiger partial charge in [0.1, 0.15) is 17.1 Å². The minimum absolute atomic E-state index is 0.0548. The van der Waals surface area contributed by atoms with E-state index in [0.717, 1.165) is 22.3 Å². The number of furan rings is 1. The maximum atomic E-state index is 10.9. The second-order valence-electron chi connectivity index (χ2n) is 6.24. The summed E-state index contributed by atoms with van der Waals surface area (Å²) < 4.78 is 13.3. The topological polar surface area (TPSA) is 59.7 Å². The number of carboxylic acid groups (broad SMARTS) is 1. The highest BCUT2D eigenvalue weighted by Crippen LogP contribution is 2.39. The van der Waals surface area contributed by atoms with Gasteiger partial charge in [-0.3, -0.25) is 4.79 Å². The van der Waals surface area contributed by atoms with Gasteiger partial charge in [-0.2, -0.15) is 0 Å².